The molecule has 0 bridgehead atoms. The fraction of sp³-hybridized carbons (Fsp3) is 0.261. The number of aryl methyl sites for hydroxylation is 1. The lowest BCUT2D eigenvalue weighted by molar-refractivity contribution is 0.0330. The van der Waals surface area contributed by atoms with E-state index in [1.165, 1.54) is 12.3 Å². The summed E-state index contributed by atoms with van der Waals surface area (Å²) < 4.78 is 21.7. The van der Waals surface area contributed by atoms with E-state index in [1.807, 2.05) is 39.0 Å². The second-order valence-corrected chi connectivity index (χ2v) is 6.61. The second-order valence-electron chi connectivity index (χ2n) is 6.61. The number of benzene rings is 2. The van der Waals surface area contributed by atoms with Crippen LogP contribution in [0.5, 0.6) is 17.2 Å². The Morgan fingerprint density at radius 1 is 1.07 bits per heavy atom. The summed E-state index contributed by atoms with van der Waals surface area (Å²) in [5.74, 6) is -0.104. The summed E-state index contributed by atoms with van der Waals surface area (Å²) in [5, 5.41) is 0. The number of ether oxygens (including phenoxy) is 3. The molecule has 0 saturated carbocycles. The minimum absolute atomic E-state index is 0.0328. The van der Waals surface area contributed by atoms with Crippen molar-refractivity contribution in [2.45, 2.75) is 39.7 Å². The normalized spacial score (nSPS) is 11.6. The van der Waals surface area contributed by atoms with Gasteiger partial charge in [-0.3, -0.25) is 0 Å². The van der Waals surface area contributed by atoms with E-state index in [2.05, 4.69) is 4.98 Å². The van der Waals surface area contributed by atoms with Gasteiger partial charge < -0.3 is 18.6 Å². The molecule has 156 valence electrons. The number of carbonyl (C=O) groups excluding carboxylic acids is 2. The lowest BCUT2D eigenvalue weighted by Crippen LogP contribution is -2.16. The number of hydrogen-bond acceptors (Lipinski definition) is 7. The summed E-state index contributed by atoms with van der Waals surface area (Å²) in [6, 6.07) is 12.3. The van der Waals surface area contributed by atoms with Gasteiger partial charge in [0.25, 0.3) is 0 Å². The molecule has 0 radical (unpaired) electrons. The summed E-state index contributed by atoms with van der Waals surface area (Å²) in [5.41, 5.74) is 0.891. The second kappa shape index (κ2) is 9.73. The summed E-state index contributed by atoms with van der Waals surface area (Å²) in [7, 11) is 0. The van der Waals surface area contributed by atoms with E-state index in [1.54, 1.807) is 18.2 Å². The Morgan fingerprint density at radius 3 is 2.47 bits per heavy atom. The number of nitrogens with zero attached hydrogens (tertiary/aromatic N) is 1. The molecule has 3 aromatic rings. The maximum atomic E-state index is 12.8. The first kappa shape index (κ1) is 21.1. The molecule has 7 nitrogen and oxygen atoms in total. The molecule has 0 amide bonds. The SMILES string of the molecule is CCc1cc(Oc2ccccc2)c(C(=O)OC(C)CC)cc1OC(=O)c1cocn1. The maximum absolute atomic E-state index is 12.8. The molecule has 7 heteroatoms. The van der Waals surface area contributed by atoms with Crippen molar-refractivity contribution >= 4 is 11.9 Å². The van der Waals surface area contributed by atoms with Crippen molar-refractivity contribution in [1.29, 1.82) is 0 Å². The Kier molecular flexibility index (Phi) is 6.85. The van der Waals surface area contributed by atoms with Gasteiger partial charge in [0, 0.05) is 0 Å². The van der Waals surface area contributed by atoms with Crippen molar-refractivity contribution in [3.05, 3.63) is 71.9 Å². The molecular formula is C23H23NO6. The smallest absolute Gasteiger partial charge is 0.365 e. The van der Waals surface area contributed by atoms with Crippen LogP contribution in [0.2, 0.25) is 0 Å². The van der Waals surface area contributed by atoms with E-state index in [0.717, 1.165) is 6.39 Å². The van der Waals surface area contributed by atoms with Gasteiger partial charge in [0.1, 0.15) is 29.1 Å². The van der Waals surface area contributed by atoms with Crippen LogP contribution in [0, 0.1) is 0 Å². The molecule has 3 rings (SSSR count). The topological polar surface area (TPSA) is 87.9 Å². The van der Waals surface area contributed by atoms with Crippen LogP contribution < -0.4 is 9.47 Å². The number of aromatic nitrogens is 1. The summed E-state index contributed by atoms with van der Waals surface area (Å²) in [6.07, 6.45) is 3.28. The first-order valence-electron chi connectivity index (χ1n) is 9.73. The number of hydrogen-bond donors (Lipinski definition) is 0. The predicted octanol–water partition coefficient (Wildman–Crippen LogP) is 5.20. The third kappa shape index (κ3) is 5.05. The molecule has 1 atom stereocenters. The summed E-state index contributed by atoms with van der Waals surface area (Å²) in [6.45, 7) is 5.64. The van der Waals surface area contributed by atoms with Gasteiger partial charge >= 0.3 is 11.9 Å². The highest BCUT2D eigenvalue weighted by Crippen LogP contribution is 2.34. The number of rotatable bonds is 8. The highest BCUT2D eigenvalue weighted by molar-refractivity contribution is 5.94. The quantitative estimate of drug-likeness (QED) is 0.373. The van der Waals surface area contributed by atoms with Crippen LogP contribution in [-0.2, 0) is 11.2 Å². The molecule has 0 aliphatic rings. The molecular weight excluding hydrogens is 386 g/mol. The van der Waals surface area contributed by atoms with Gasteiger partial charge in [-0.05, 0) is 49.6 Å². The summed E-state index contributed by atoms with van der Waals surface area (Å²) in [4.78, 5) is 28.9. The molecule has 0 fully saturated rings. The largest absolute Gasteiger partial charge is 0.459 e. The molecule has 0 aliphatic heterocycles. The molecule has 0 saturated heterocycles. The maximum Gasteiger partial charge on any atom is 0.365 e. The van der Waals surface area contributed by atoms with Gasteiger partial charge in [-0.15, -0.1) is 0 Å². The van der Waals surface area contributed by atoms with Gasteiger partial charge in [-0.25, -0.2) is 14.6 Å². The van der Waals surface area contributed by atoms with Gasteiger partial charge in [0.2, 0.25) is 0 Å². The third-order valence-electron chi connectivity index (χ3n) is 4.46. The summed E-state index contributed by atoms with van der Waals surface area (Å²) >= 11 is 0. The van der Waals surface area contributed by atoms with Crippen LogP contribution in [-0.4, -0.2) is 23.0 Å². The van der Waals surface area contributed by atoms with Gasteiger partial charge in [0.05, 0.1) is 6.10 Å². The van der Waals surface area contributed by atoms with Crippen LogP contribution in [0.3, 0.4) is 0 Å². The van der Waals surface area contributed by atoms with Crippen molar-refractivity contribution in [3.63, 3.8) is 0 Å². The van der Waals surface area contributed by atoms with Gasteiger partial charge in [-0.2, -0.15) is 0 Å². The Labute approximate surface area is 174 Å². The molecule has 1 unspecified atom stereocenters. The van der Waals surface area contributed by atoms with Crippen molar-refractivity contribution < 1.29 is 28.2 Å². The van der Waals surface area contributed by atoms with Crippen LogP contribution >= 0.6 is 0 Å². The highest BCUT2D eigenvalue weighted by Gasteiger charge is 2.23. The number of carbonyl (C=O) groups is 2. The Balaban J connectivity index is 2.00. The van der Waals surface area contributed by atoms with E-state index in [4.69, 9.17) is 18.6 Å². The lowest BCUT2D eigenvalue weighted by Gasteiger charge is -2.17. The number of para-hydroxylation sites is 1. The van der Waals surface area contributed by atoms with E-state index in [-0.39, 0.29) is 23.1 Å². The molecule has 2 aromatic carbocycles. The van der Waals surface area contributed by atoms with Crippen LogP contribution in [0.4, 0.5) is 0 Å². The lowest BCUT2D eigenvalue weighted by atomic mass is 10.1. The molecule has 0 aliphatic carbocycles. The van der Waals surface area contributed by atoms with Crippen LogP contribution in [0.1, 0.15) is 53.6 Å². The molecule has 0 N–H and O–H groups in total. The predicted molar refractivity (Wildman–Crippen MR) is 109 cm³/mol. The molecule has 0 spiro atoms. The zero-order valence-corrected chi connectivity index (χ0v) is 17.1. The number of esters is 2. The molecule has 30 heavy (non-hydrogen) atoms. The van der Waals surface area contributed by atoms with Crippen molar-refractivity contribution in [1.82, 2.24) is 4.98 Å². The van der Waals surface area contributed by atoms with Crippen molar-refractivity contribution in [2.75, 3.05) is 0 Å². The minimum atomic E-state index is -0.684. The van der Waals surface area contributed by atoms with Crippen LogP contribution in [0.25, 0.3) is 0 Å². The standard InChI is InChI=1S/C23H23NO6/c1-4-15(3)28-22(25)18-12-20(30-23(26)19-13-27-14-24-19)16(5-2)11-21(18)29-17-9-7-6-8-10-17/h6-15H,4-5H2,1-3H3. The zero-order valence-electron chi connectivity index (χ0n) is 17.1. The Hall–Kier alpha value is -3.61. The monoisotopic (exact) mass is 409 g/mol. The Morgan fingerprint density at radius 2 is 1.83 bits per heavy atom. The minimum Gasteiger partial charge on any atom is -0.459 e. The molecule has 1 aromatic heterocycles. The Bertz CT molecular complexity index is 998. The fourth-order valence-corrected chi connectivity index (χ4v) is 2.63. The van der Waals surface area contributed by atoms with Gasteiger partial charge in [-0.1, -0.05) is 32.0 Å². The van der Waals surface area contributed by atoms with Crippen LogP contribution in [0.15, 0.2) is 59.5 Å². The number of oxazole rings is 1. The fourth-order valence-electron chi connectivity index (χ4n) is 2.63. The van der Waals surface area contributed by atoms with E-state index < -0.39 is 11.9 Å². The van der Waals surface area contributed by atoms with E-state index >= 15 is 0 Å². The van der Waals surface area contributed by atoms with Crippen molar-refractivity contribution in [2.24, 2.45) is 0 Å². The van der Waals surface area contributed by atoms with E-state index in [9.17, 15) is 9.59 Å². The van der Waals surface area contributed by atoms with E-state index in [0.29, 0.717) is 29.9 Å². The molecule has 1 heterocycles. The highest BCUT2D eigenvalue weighted by atomic mass is 16.5. The van der Waals surface area contributed by atoms with Crippen molar-refractivity contribution in [3.8, 4) is 17.2 Å². The third-order valence-corrected chi connectivity index (χ3v) is 4.46. The van der Waals surface area contributed by atoms with Gasteiger partial charge in [0.15, 0.2) is 12.1 Å². The average molecular weight is 409 g/mol. The zero-order chi connectivity index (χ0) is 21.5. The first-order chi connectivity index (χ1) is 14.5. The average Bonchev–Trinajstić information content (AvgIpc) is 3.30. The first-order valence-corrected chi connectivity index (χ1v) is 9.73.